The van der Waals surface area contributed by atoms with Gasteiger partial charge in [-0.3, -0.25) is 9.59 Å². The Balaban J connectivity index is 0.884. The minimum absolute atomic E-state index is 0.0652. The Morgan fingerprint density at radius 1 is 1.00 bits per heavy atom. The van der Waals surface area contributed by atoms with Crippen LogP contribution in [0.15, 0.2) is 35.5 Å². The summed E-state index contributed by atoms with van der Waals surface area (Å²) in [5, 5.41) is 22.9. The van der Waals surface area contributed by atoms with Crippen molar-refractivity contribution in [3.8, 4) is 0 Å². The van der Waals surface area contributed by atoms with Crippen LogP contribution in [0.5, 0.6) is 0 Å². The van der Waals surface area contributed by atoms with Crippen molar-refractivity contribution < 1.29 is 24.2 Å². The molecular formula is C46H76N4O5S. The van der Waals surface area contributed by atoms with Gasteiger partial charge in [0.25, 0.3) is 0 Å². The topological polar surface area (TPSA) is 129 Å². The van der Waals surface area contributed by atoms with Crippen LogP contribution in [-0.2, 0) is 14.3 Å². The molecule has 9 nitrogen and oxygen atoms in total. The third-order valence-electron chi connectivity index (χ3n) is 13.7. The smallest absolute Gasteiger partial charge is 0.316 e. The Morgan fingerprint density at radius 3 is 2.52 bits per heavy atom. The lowest BCUT2D eigenvalue weighted by atomic mass is 9.60. The second-order valence-electron chi connectivity index (χ2n) is 18.8. The average molecular weight is 797 g/mol. The van der Waals surface area contributed by atoms with Crippen LogP contribution in [0.3, 0.4) is 0 Å². The van der Waals surface area contributed by atoms with Gasteiger partial charge in [-0.15, -0.1) is 11.8 Å². The second kappa shape index (κ2) is 21.6. The van der Waals surface area contributed by atoms with E-state index in [4.69, 9.17) is 4.74 Å². The summed E-state index contributed by atoms with van der Waals surface area (Å²) in [7, 11) is 0. The maximum atomic E-state index is 12.4. The summed E-state index contributed by atoms with van der Waals surface area (Å²) in [6.07, 6.45) is 26.2. The first-order chi connectivity index (χ1) is 26.8. The molecule has 0 bridgehead atoms. The van der Waals surface area contributed by atoms with Gasteiger partial charge in [0.1, 0.15) is 0 Å². The van der Waals surface area contributed by atoms with Crippen molar-refractivity contribution in [1.29, 1.82) is 0 Å². The summed E-state index contributed by atoms with van der Waals surface area (Å²) in [5.74, 6) is 2.38. The molecule has 8 atom stereocenters. The van der Waals surface area contributed by atoms with E-state index in [0.717, 1.165) is 89.4 Å². The number of ether oxygens (including phenoxy) is 1. The van der Waals surface area contributed by atoms with Crippen molar-refractivity contribution in [2.45, 2.75) is 191 Å². The monoisotopic (exact) mass is 797 g/mol. The molecule has 5 aliphatic rings. The predicted octanol–water partition coefficient (Wildman–Crippen LogP) is 9.01. The molecule has 3 saturated carbocycles. The van der Waals surface area contributed by atoms with E-state index < -0.39 is 5.60 Å². The van der Waals surface area contributed by atoms with Crippen LogP contribution in [0.25, 0.3) is 0 Å². The number of nitrogens with one attached hydrogen (secondary N) is 4. The molecule has 5 rings (SSSR count). The average Bonchev–Trinajstić information content (AvgIpc) is 3.80. The number of urea groups is 1. The van der Waals surface area contributed by atoms with E-state index in [9.17, 15) is 19.5 Å². The van der Waals surface area contributed by atoms with Gasteiger partial charge >= 0.3 is 6.03 Å². The van der Waals surface area contributed by atoms with Crippen molar-refractivity contribution in [3.63, 3.8) is 0 Å². The van der Waals surface area contributed by atoms with E-state index in [2.05, 4.69) is 53.8 Å². The summed E-state index contributed by atoms with van der Waals surface area (Å²) in [4.78, 5) is 36.0. The zero-order chi connectivity index (χ0) is 40.1. The van der Waals surface area contributed by atoms with Crippen molar-refractivity contribution in [2.75, 3.05) is 19.7 Å². The van der Waals surface area contributed by atoms with Crippen molar-refractivity contribution in [3.05, 3.63) is 35.5 Å². The lowest BCUT2D eigenvalue weighted by molar-refractivity contribution is -0.122. The second-order valence-corrected chi connectivity index (χ2v) is 20.2. The number of rotatable bonds is 22. The Kier molecular flexibility index (Phi) is 17.3. The van der Waals surface area contributed by atoms with Crippen molar-refractivity contribution in [2.24, 2.45) is 23.2 Å². The number of amides is 4. The zero-order valence-electron chi connectivity index (χ0n) is 35.4. The Hall–Kier alpha value is -2.30. The number of aliphatic hydroxyl groups is 1. The number of thioether (sulfide) groups is 1. The van der Waals surface area contributed by atoms with E-state index in [1.807, 2.05) is 25.6 Å². The van der Waals surface area contributed by atoms with Gasteiger partial charge in [0.05, 0.1) is 23.1 Å². The van der Waals surface area contributed by atoms with Gasteiger partial charge in [-0.1, -0.05) is 69.4 Å². The van der Waals surface area contributed by atoms with E-state index in [-0.39, 0.29) is 35.4 Å². The minimum Gasteiger partial charge on any atom is -0.390 e. The molecule has 2 aliphatic heterocycles. The lowest BCUT2D eigenvalue weighted by Crippen LogP contribution is -2.36. The van der Waals surface area contributed by atoms with E-state index in [1.165, 1.54) is 49.7 Å². The third-order valence-corrected chi connectivity index (χ3v) is 15.3. The normalized spacial score (nSPS) is 30.9. The fraction of sp³-hybridized carbons (Fsp3) is 0.804. The van der Waals surface area contributed by atoms with E-state index in [1.54, 1.807) is 5.57 Å². The summed E-state index contributed by atoms with van der Waals surface area (Å²) < 4.78 is 6.31. The largest absolute Gasteiger partial charge is 0.390 e. The third kappa shape index (κ3) is 13.6. The lowest BCUT2D eigenvalue weighted by Gasteiger charge is -2.44. The summed E-state index contributed by atoms with van der Waals surface area (Å²) in [6, 6.07) is 0.165. The van der Waals surface area contributed by atoms with Crippen LogP contribution < -0.4 is 21.3 Å². The molecular weight excluding hydrogens is 721 g/mol. The van der Waals surface area contributed by atoms with Crippen LogP contribution in [0.4, 0.5) is 4.79 Å². The maximum absolute atomic E-state index is 12.4. The molecule has 5 fully saturated rings. The Bertz CT molecular complexity index is 1380. The van der Waals surface area contributed by atoms with Gasteiger partial charge in [-0.25, -0.2) is 4.79 Å². The molecule has 4 amide bonds. The first-order valence-corrected chi connectivity index (χ1v) is 23.4. The van der Waals surface area contributed by atoms with Gasteiger partial charge in [-0.05, 0) is 139 Å². The molecule has 5 N–H and O–H groups in total. The van der Waals surface area contributed by atoms with Crippen molar-refractivity contribution in [1.82, 2.24) is 21.3 Å². The summed E-state index contributed by atoms with van der Waals surface area (Å²) in [6.45, 7) is 15.3. The number of hydrogen-bond donors (Lipinski definition) is 5. The highest BCUT2D eigenvalue weighted by molar-refractivity contribution is 8.00. The fourth-order valence-electron chi connectivity index (χ4n) is 10.6. The van der Waals surface area contributed by atoms with Gasteiger partial charge in [0.2, 0.25) is 11.8 Å². The first kappa shape index (κ1) is 44.8. The Morgan fingerprint density at radius 2 is 1.75 bits per heavy atom. The maximum Gasteiger partial charge on any atom is 0.316 e. The highest BCUT2D eigenvalue weighted by atomic mass is 32.2. The summed E-state index contributed by atoms with van der Waals surface area (Å²) >= 11 is 1.82. The molecule has 3 aliphatic carbocycles. The molecule has 0 radical (unpaired) electrons. The highest BCUT2D eigenvalue weighted by Gasteiger charge is 2.50. The minimum atomic E-state index is -0.564. The molecule has 0 spiro atoms. The number of carbonyl (C=O) groups is 3. The molecule has 0 aromatic carbocycles. The van der Waals surface area contributed by atoms with E-state index in [0.29, 0.717) is 55.0 Å². The fourth-order valence-corrected chi connectivity index (χ4v) is 12.1. The van der Waals surface area contributed by atoms with Crippen molar-refractivity contribution >= 4 is 29.6 Å². The summed E-state index contributed by atoms with van der Waals surface area (Å²) in [5.41, 5.74) is 4.07. The van der Waals surface area contributed by atoms with Crippen LogP contribution >= 0.6 is 11.8 Å². The van der Waals surface area contributed by atoms with Crippen LogP contribution in [0.2, 0.25) is 0 Å². The molecule has 2 heterocycles. The molecule has 10 heteroatoms. The number of unbranched alkanes of at least 4 members (excludes halogenated alkanes) is 3. The first-order valence-electron chi connectivity index (χ1n) is 22.5. The zero-order valence-corrected chi connectivity index (χ0v) is 36.2. The quantitative estimate of drug-likeness (QED) is 0.0696. The molecule has 6 unspecified atom stereocenters. The van der Waals surface area contributed by atoms with Gasteiger partial charge in [0, 0.05) is 37.8 Å². The van der Waals surface area contributed by atoms with Gasteiger partial charge in [-0.2, -0.15) is 0 Å². The number of carbonyl (C=O) groups excluding carboxylic acids is 3. The number of hydrogen-bond acceptors (Lipinski definition) is 6. The van der Waals surface area contributed by atoms with Crippen LogP contribution in [0.1, 0.15) is 163 Å². The molecule has 2 saturated heterocycles. The molecule has 0 aromatic heterocycles. The van der Waals surface area contributed by atoms with Gasteiger partial charge < -0.3 is 31.1 Å². The standard InChI is InChI=1S/C46H76N4O5S/c1-32-19-22-36(30-35(32)21-20-34-15-12-26-46(5)38(23-24-39(34)46)33(2)14-11-25-45(3,4)54)55-29-13-28-48-41(51)17-8-6-7-9-27-47-42(52)18-10-16-37-31-40-43(56-37)50-44(53)49-40/h20-21,33,36-40,43,54H,1,6-19,22-31H2,2-5H3,(H,47,52)(H,48,51)(H2,49,50,53)/t33-,36?,37?,38?,39?,40?,43?,46-/m1/s1. The highest BCUT2D eigenvalue weighted by Crippen LogP contribution is 2.60. The Labute approximate surface area is 343 Å². The van der Waals surface area contributed by atoms with E-state index >= 15 is 0 Å². The number of allylic oxidation sites excluding steroid dienone is 4. The van der Waals surface area contributed by atoms with Crippen LogP contribution in [0, 0.1) is 23.2 Å². The van der Waals surface area contributed by atoms with Gasteiger partial charge in [0.15, 0.2) is 0 Å². The molecule has 56 heavy (non-hydrogen) atoms. The molecule has 316 valence electrons. The predicted molar refractivity (Wildman–Crippen MR) is 229 cm³/mol. The molecule has 0 aromatic rings. The number of fused-ring (bicyclic) bond motifs is 2. The SMILES string of the molecule is C=C1CCC(OCCCNC(=O)CCCCCCNC(=O)CCCC2CC3NC(=O)NC3S2)CC1=CC=C1CCC[C@@]2(C)C1CCC2[C@H](C)CCCC(C)(C)O. The van der Waals surface area contributed by atoms with Crippen LogP contribution in [-0.4, -0.2) is 71.0 Å².